The summed E-state index contributed by atoms with van der Waals surface area (Å²) in [6.07, 6.45) is 2.99. The molecule has 4 nitrogen and oxygen atoms in total. The lowest BCUT2D eigenvalue weighted by atomic mass is 9.84. The van der Waals surface area contributed by atoms with Crippen LogP contribution < -0.4 is 10.6 Å². The Morgan fingerprint density at radius 1 is 1.32 bits per heavy atom. The minimum Gasteiger partial charge on any atom is -0.380 e. The van der Waals surface area contributed by atoms with E-state index in [2.05, 4.69) is 17.6 Å². The van der Waals surface area contributed by atoms with Gasteiger partial charge in [0.1, 0.15) is 0 Å². The van der Waals surface area contributed by atoms with Gasteiger partial charge in [-0.2, -0.15) is 0 Å². The minimum atomic E-state index is 0.151. The number of nitrogens with one attached hydrogen (secondary N) is 2. The molecule has 22 heavy (non-hydrogen) atoms. The van der Waals surface area contributed by atoms with Crippen LogP contribution in [-0.2, 0) is 22.7 Å². The molecule has 1 heterocycles. The maximum atomic E-state index is 12.2. The molecule has 0 saturated carbocycles. The summed E-state index contributed by atoms with van der Waals surface area (Å²) in [6, 6.07) is 8.09. The Hall–Kier alpha value is -1.39. The van der Waals surface area contributed by atoms with Gasteiger partial charge in [0.25, 0.3) is 0 Å². The molecule has 0 aliphatic carbocycles. The fourth-order valence-electron chi connectivity index (χ4n) is 3.16. The van der Waals surface area contributed by atoms with Crippen molar-refractivity contribution in [2.45, 2.75) is 39.3 Å². The van der Waals surface area contributed by atoms with Crippen LogP contribution in [0.4, 0.5) is 0 Å². The number of hydrogen-bond donors (Lipinski definition) is 2. The number of hydrogen-bond acceptors (Lipinski definition) is 3. The first-order chi connectivity index (χ1) is 10.7. The van der Waals surface area contributed by atoms with E-state index in [0.717, 1.165) is 24.2 Å². The van der Waals surface area contributed by atoms with Crippen LogP contribution in [0.1, 0.15) is 37.3 Å². The first kappa shape index (κ1) is 17.0. The van der Waals surface area contributed by atoms with E-state index in [9.17, 15) is 4.79 Å². The highest BCUT2D eigenvalue weighted by Crippen LogP contribution is 2.24. The smallest absolute Gasteiger partial charge is 0.220 e. The Balaban J connectivity index is 1.80. The molecule has 1 aliphatic heterocycles. The second-order valence-corrected chi connectivity index (χ2v) is 6.25. The summed E-state index contributed by atoms with van der Waals surface area (Å²) < 4.78 is 5.20. The summed E-state index contributed by atoms with van der Waals surface area (Å²) in [5.74, 6) is 1.28. The number of amides is 1. The lowest BCUT2D eigenvalue weighted by Gasteiger charge is -2.27. The number of ether oxygens (including phenoxy) is 1. The molecule has 1 unspecified atom stereocenters. The van der Waals surface area contributed by atoms with E-state index in [0.29, 0.717) is 31.4 Å². The number of benzene rings is 1. The Kier molecular flexibility index (Phi) is 6.87. The van der Waals surface area contributed by atoms with Gasteiger partial charge in [-0.1, -0.05) is 31.2 Å². The summed E-state index contributed by atoms with van der Waals surface area (Å²) >= 11 is 0. The van der Waals surface area contributed by atoms with E-state index in [1.807, 2.05) is 24.3 Å². The average Bonchev–Trinajstić information content (AvgIpc) is 2.55. The lowest BCUT2D eigenvalue weighted by Crippen LogP contribution is -2.33. The third kappa shape index (κ3) is 5.11. The normalized spacial score (nSPS) is 17.2. The van der Waals surface area contributed by atoms with Gasteiger partial charge in [-0.25, -0.2) is 0 Å². The number of rotatable bonds is 7. The van der Waals surface area contributed by atoms with Gasteiger partial charge in [0.15, 0.2) is 0 Å². The van der Waals surface area contributed by atoms with Crippen molar-refractivity contribution in [1.82, 2.24) is 10.6 Å². The molecular formula is C18H28N2O2. The monoisotopic (exact) mass is 304 g/mol. The van der Waals surface area contributed by atoms with Gasteiger partial charge >= 0.3 is 0 Å². The van der Waals surface area contributed by atoms with Gasteiger partial charge in [-0.15, -0.1) is 0 Å². The number of methoxy groups -OCH3 is 1. The van der Waals surface area contributed by atoms with Gasteiger partial charge < -0.3 is 15.4 Å². The van der Waals surface area contributed by atoms with Crippen LogP contribution in [0.2, 0.25) is 0 Å². The van der Waals surface area contributed by atoms with Crippen LogP contribution in [0.3, 0.4) is 0 Å². The van der Waals surface area contributed by atoms with Gasteiger partial charge in [-0.05, 0) is 48.9 Å². The van der Waals surface area contributed by atoms with Gasteiger partial charge in [0.05, 0.1) is 6.61 Å². The van der Waals surface area contributed by atoms with Crippen LogP contribution in [-0.4, -0.2) is 26.1 Å². The van der Waals surface area contributed by atoms with Crippen LogP contribution in [0, 0.1) is 11.8 Å². The van der Waals surface area contributed by atoms with E-state index < -0.39 is 0 Å². The van der Waals surface area contributed by atoms with Crippen molar-refractivity contribution in [3.63, 3.8) is 0 Å². The zero-order valence-corrected chi connectivity index (χ0v) is 13.7. The molecule has 0 bridgehead atoms. The maximum absolute atomic E-state index is 12.2. The van der Waals surface area contributed by atoms with E-state index in [4.69, 9.17) is 4.74 Å². The molecule has 1 saturated heterocycles. The number of piperidine rings is 1. The highest BCUT2D eigenvalue weighted by molar-refractivity contribution is 5.76. The standard InChI is InChI=1S/C18H28N2O2/c1-14(15-7-9-19-10-8-15)11-18(21)20-12-16-5-3-4-6-17(16)13-22-2/h3-6,14-15,19H,7-13H2,1-2H3,(H,20,21). The molecule has 1 atom stereocenters. The fraction of sp³-hybridized carbons (Fsp3) is 0.611. The molecule has 1 amide bonds. The van der Waals surface area contributed by atoms with Crippen molar-refractivity contribution in [2.24, 2.45) is 11.8 Å². The third-order valence-corrected chi connectivity index (χ3v) is 4.59. The quantitative estimate of drug-likeness (QED) is 0.813. The predicted molar refractivity (Wildman–Crippen MR) is 88.4 cm³/mol. The molecule has 1 aliphatic rings. The molecule has 2 N–H and O–H groups in total. The third-order valence-electron chi connectivity index (χ3n) is 4.59. The molecule has 1 aromatic rings. The SMILES string of the molecule is COCc1ccccc1CNC(=O)CC(C)C1CCNCC1. The average molecular weight is 304 g/mol. The number of carbonyl (C=O) groups excluding carboxylic acids is 1. The zero-order chi connectivity index (χ0) is 15.8. The van der Waals surface area contributed by atoms with Crippen molar-refractivity contribution in [2.75, 3.05) is 20.2 Å². The van der Waals surface area contributed by atoms with Gasteiger partial charge in [0, 0.05) is 20.1 Å². The van der Waals surface area contributed by atoms with Crippen LogP contribution >= 0.6 is 0 Å². The summed E-state index contributed by atoms with van der Waals surface area (Å²) in [7, 11) is 1.69. The fourth-order valence-corrected chi connectivity index (χ4v) is 3.16. The summed E-state index contributed by atoms with van der Waals surface area (Å²) in [6.45, 7) is 5.53. The first-order valence-electron chi connectivity index (χ1n) is 8.24. The lowest BCUT2D eigenvalue weighted by molar-refractivity contribution is -0.122. The van der Waals surface area contributed by atoms with E-state index >= 15 is 0 Å². The zero-order valence-electron chi connectivity index (χ0n) is 13.7. The molecule has 1 fully saturated rings. The molecule has 1 aromatic carbocycles. The molecular weight excluding hydrogens is 276 g/mol. The van der Waals surface area contributed by atoms with Gasteiger partial charge in [-0.3, -0.25) is 4.79 Å². The Morgan fingerprint density at radius 3 is 2.68 bits per heavy atom. The Bertz CT molecular complexity index is 470. The van der Waals surface area contributed by atoms with Crippen molar-refractivity contribution in [3.8, 4) is 0 Å². The summed E-state index contributed by atoms with van der Waals surface area (Å²) in [4.78, 5) is 12.2. The number of carbonyl (C=O) groups is 1. The highest BCUT2D eigenvalue weighted by Gasteiger charge is 2.21. The Labute approximate surface area is 133 Å². The predicted octanol–water partition coefficient (Wildman–Crippen LogP) is 2.48. The molecule has 0 radical (unpaired) electrons. The molecule has 0 aromatic heterocycles. The van der Waals surface area contributed by atoms with Crippen molar-refractivity contribution < 1.29 is 9.53 Å². The molecule has 122 valence electrons. The maximum Gasteiger partial charge on any atom is 0.220 e. The van der Waals surface area contributed by atoms with E-state index in [1.165, 1.54) is 12.8 Å². The second-order valence-electron chi connectivity index (χ2n) is 6.25. The Morgan fingerprint density at radius 2 is 2.00 bits per heavy atom. The second kappa shape index (κ2) is 8.91. The van der Waals surface area contributed by atoms with Crippen LogP contribution in [0.15, 0.2) is 24.3 Å². The minimum absolute atomic E-state index is 0.151. The molecule has 0 spiro atoms. The molecule has 4 heteroatoms. The summed E-state index contributed by atoms with van der Waals surface area (Å²) in [5.41, 5.74) is 2.27. The van der Waals surface area contributed by atoms with Crippen molar-refractivity contribution >= 4 is 5.91 Å². The van der Waals surface area contributed by atoms with Crippen LogP contribution in [0.25, 0.3) is 0 Å². The topological polar surface area (TPSA) is 50.4 Å². The van der Waals surface area contributed by atoms with Crippen molar-refractivity contribution in [1.29, 1.82) is 0 Å². The summed E-state index contributed by atoms with van der Waals surface area (Å²) in [5, 5.41) is 6.43. The van der Waals surface area contributed by atoms with Gasteiger partial charge in [0.2, 0.25) is 5.91 Å². The van der Waals surface area contributed by atoms with Crippen LogP contribution in [0.5, 0.6) is 0 Å². The molecule has 2 rings (SSSR count). The highest BCUT2D eigenvalue weighted by atomic mass is 16.5. The van der Waals surface area contributed by atoms with E-state index in [-0.39, 0.29) is 5.91 Å². The largest absolute Gasteiger partial charge is 0.380 e. The first-order valence-corrected chi connectivity index (χ1v) is 8.24. The van der Waals surface area contributed by atoms with Crippen molar-refractivity contribution in [3.05, 3.63) is 35.4 Å². The van der Waals surface area contributed by atoms with E-state index in [1.54, 1.807) is 7.11 Å².